The zero-order valence-corrected chi connectivity index (χ0v) is 21.9. The van der Waals surface area contributed by atoms with Gasteiger partial charge in [0.2, 0.25) is 0 Å². The lowest BCUT2D eigenvalue weighted by Crippen LogP contribution is -2.51. The van der Waals surface area contributed by atoms with Crippen LogP contribution in [0.5, 0.6) is 0 Å². The molecular formula is C30H48O3. The predicted molar refractivity (Wildman–Crippen MR) is 134 cm³/mol. The molecule has 33 heavy (non-hydrogen) atoms. The fourth-order valence-electron chi connectivity index (χ4n) is 9.37. The Morgan fingerprint density at radius 3 is 2.45 bits per heavy atom. The van der Waals surface area contributed by atoms with Gasteiger partial charge in [0.15, 0.2) is 5.78 Å². The van der Waals surface area contributed by atoms with Crippen molar-refractivity contribution in [2.45, 2.75) is 118 Å². The molecule has 3 saturated carbocycles. The largest absolute Gasteiger partial charge is 0.481 e. The van der Waals surface area contributed by atoms with Crippen molar-refractivity contribution in [1.82, 2.24) is 0 Å². The molecule has 0 saturated heterocycles. The van der Waals surface area contributed by atoms with Crippen LogP contribution in [0.4, 0.5) is 0 Å². The molecule has 4 aliphatic carbocycles. The van der Waals surface area contributed by atoms with Gasteiger partial charge in [0, 0.05) is 12.8 Å². The van der Waals surface area contributed by atoms with Crippen LogP contribution in [0.2, 0.25) is 0 Å². The molecule has 0 amide bonds. The van der Waals surface area contributed by atoms with E-state index in [0.717, 1.165) is 48.0 Å². The van der Waals surface area contributed by atoms with Gasteiger partial charge in [-0.15, -0.1) is 0 Å². The van der Waals surface area contributed by atoms with Crippen LogP contribution < -0.4 is 0 Å². The number of ketones is 1. The number of rotatable bonds is 8. The zero-order valence-electron chi connectivity index (χ0n) is 21.9. The molecule has 1 N–H and O–H groups in total. The third kappa shape index (κ3) is 4.47. The van der Waals surface area contributed by atoms with Crippen molar-refractivity contribution in [1.29, 1.82) is 0 Å². The molecule has 0 bridgehead atoms. The average Bonchev–Trinajstić information content (AvgIpc) is 3.10. The van der Waals surface area contributed by atoms with E-state index in [1.807, 2.05) is 0 Å². The van der Waals surface area contributed by atoms with Crippen molar-refractivity contribution in [2.24, 2.45) is 46.3 Å². The maximum Gasteiger partial charge on any atom is 0.303 e. The standard InChI is InChI=1S/C30H48O3/c1-19(2)7-6-8-20(3)23-12-13-24-21-9-11-25-22(10-14-28(32)33)27(31)16-18-30(25,5)26(21)15-17-29(23,24)4/h19-21,23-24,26H,6-18H2,1-5H3,(H,32,33)/t20-,21-,23+,24-,26-,29-,30+/m1/s1. The van der Waals surface area contributed by atoms with E-state index in [4.69, 9.17) is 0 Å². The highest BCUT2D eigenvalue weighted by Crippen LogP contribution is 2.68. The summed E-state index contributed by atoms with van der Waals surface area (Å²) in [6.07, 6.45) is 14.0. The predicted octanol–water partition coefficient (Wildman–Crippen LogP) is 7.83. The Hall–Kier alpha value is -1.12. The van der Waals surface area contributed by atoms with E-state index in [9.17, 15) is 14.7 Å². The van der Waals surface area contributed by atoms with Crippen molar-refractivity contribution < 1.29 is 14.7 Å². The number of aliphatic carboxylic acids is 1. The molecule has 0 radical (unpaired) electrons. The number of Topliss-reactive ketones (excluding diaryl/α,β-unsaturated/α-hetero) is 1. The lowest BCUT2D eigenvalue weighted by Gasteiger charge is -2.59. The molecule has 4 rings (SSSR count). The molecule has 186 valence electrons. The maximum absolute atomic E-state index is 12.8. The van der Waals surface area contributed by atoms with E-state index < -0.39 is 5.97 Å². The van der Waals surface area contributed by atoms with Crippen molar-refractivity contribution in [2.75, 3.05) is 0 Å². The molecule has 3 fully saturated rings. The molecule has 0 aliphatic heterocycles. The van der Waals surface area contributed by atoms with Gasteiger partial charge in [-0.3, -0.25) is 9.59 Å². The van der Waals surface area contributed by atoms with E-state index >= 15 is 0 Å². The Labute approximate surface area is 202 Å². The summed E-state index contributed by atoms with van der Waals surface area (Å²) < 4.78 is 0. The molecule has 0 spiro atoms. The third-order valence-electron chi connectivity index (χ3n) is 11.0. The molecule has 0 unspecified atom stereocenters. The number of hydrogen-bond acceptors (Lipinski definition) is 2. The van der Waals surface area contributed by atoms with Gasteiger partial charge in [-0.2, -0.15) is 0 Å². The first-order valence-electron chi connectivity index (χ1n) is 14.1. The number of carbonyl (C=O) groups is 2. The van der Waals surface area contributed by atoms with Gasteiger partial charge >= 0.3 is 5.97 Å². The first kappa shape index (κ1) is 25.0. The summed E-state index contributed by atoms with van der Waals surface area (Å²) in [5, 5.41) is 9.23. The van der Waals surface area contributed by atoms with Gasteiger partial charge in [0.25, 0.3) is 0 Å². The van der Waals surface area contributed by atoms with Gasteiger partial charge in [-0.05, 0) is 103 Å². The van der Waals surface area contributed by atoms with Crippen LogP contribution in [0.1, 0.15) is 118 Å². The highest BCUT2D eigenvalue weighted by molar-refractivity contribution is 5.97. The monoisotopic (exact) mass is 456 g/mol. The van der Waals surface area contributed by atoms with Crippen molar-refractivity contribution >= 4 is 11.8 Å². The Kier molecular flexibility index (Phi) is 7.19. The topological polar surface area (TPSA) is 54.4 Å². The normalized spacial score (nSPS) is 39.3. The van der Waals surface area contributed by atoms with E-state index in [-0.39, 0.29) is 17.6 Å². The van der Waals surface area contributed by atoms with Gasteiger partial charge in [-0.1, -0.05) is 59.5 Å². The molecule has 3 heteroatoms. The molecule has 0 heterocycles. The first-order chi connectivity index (χ1) is 15.6. The van der Waals surface area contributed by atoms with Crippen LogP contribution in [0.15, 0.2) is 11.1 Å². The number of hydrogen-bond donors (Lipinski definition) is 1. The van der Waals surface area contributed by atoms with Gasteiger partial charge in [-0.25, -0.2) is 0 Å². The van der Waals surface area contributed by atoms with Crippen LogP contribution in [-0.4, -0.2) is 16.9 Å². The SMILES string of the molecule is CC(C)CCC[C@@H](C)[C@@H]1CC[C@@H]2[C@H]3CCC4=C(CCC(=O)O)C(=O)CC[C@]4(C)[C@@H]3CC[C@@]21C. The number of carboxylic acid groups (broad SMARTS) is 1. The molecule has 0 aromatic heterocycles. The minimum Gasteiger partial charge on any atom is -0.481 e. The van der Waals surface area contributed by atoms with Crippen molar-refractivity contribution in [3.05, 3.63) is 11.1 Å². The van der Waals surface area contributed by atoms with Crippen LogP contribution in [0.25, 0.3) is 0 Å². The smallest absolute Gasteiger partial charge is 0.303 e. The summed E-state index contributed by atoms with van der Waals surface area (Å²) in [4.78, 5) is 24.0. The van der Waals surface area contributed by atoms with Gasteiger partial charge < -0.3 is 5.11 Å². The minimum atomic E-state index is -0.787. The van der Waals surface area contributed by atoms with Crippen LogP contribution in [-0.2, 0) is 9.59 Å². The molecule has 3 nitrogen and oxygen atoms in total. The highest BCUT2D eigenvalue weighted by Gasteiger charge is 2.59. The second kappa shape index (κ2) is 9.50. The Morgan fingerprint density at radius 1 is 1.00 bits per heavy atom. The molecule has 0 aromatic rings. The Balaban J connectivity index is 1.53. The van der Waals surface area contributed by atoms with Crippen LogP contribution in [0, 0.1) is 46.3 Å². The minimum absolute atomic E-state index is 0.0891. The third-order valence-corrected chi connectivity index (χ3v) is 11.0. The summed E-state index contributed by atoms with van der Waals surface area (Å²) in [5.74, 6) is 4.28. The van der Waals surface area contributed by atoms with E-state index in [1.54, 1.807) is 0 Å². The zero-order chi connectivity index (χ0) is 24.0. The van der Waals surface area contributed by atoms with E-state index in [0.29, 0.717) is 24.2 Å². The summed E-state index contributed by atoms with van der Waals surface area (Å²) in [6.45, 7) is 12.3. The Bertz CT molecular complexity index is 794. The second-order valence-corrected chi connectivity index (χ2v) is 13.1. The number of fused-ring (bicyclic) bond motifs is 5. The summed E-state index contributed by atoms with van der Waals surface area (Å²) >= 11 is 0. The second-order valence-electron chi connectivity index (χ2n) is 13.1. The molecular weight excluding hydrogens is 408 g/mol. The fraction of sp³-hybridized carbons (Fsp3) is 0.867. The number of carboxylic acids is 1. The first-order valence-corrected chi connectivity index (χ1v) is 14.1. The van der Waals surface area contributed by atoms with Gasteiger partial charge in [0.1, 0.15) is 0 Å². The van der Waals surface area contributed by atoms with Crippen molar-refractivity contribution in [3.63, 3.8) is 0 Å². The molecule has 4 aliphatic rings. The number of carbonyl (C=O) groups excluding carboxylic acids is 1. The lowest BCUT2D eigenvalue weighted by atomic mass is 9.46. The summed E-state index contributed by atoms with van der Waals surface area (Å²) in [5.41, 5.74) is 2.88. The highest BCUT2D eigenvalue weighted by atomic mass is 16.4. The number of allylic oxidation sites excluding steroid dienone is 1. The average molecular weight is 457 g/mol. The van der Waals surface area contributed by atoms with Crippen molar-refractivity contribution in [3.8, 4) is 0 Å². The Morgan fingerprint density at radius 2 is 1.76 bits per heavy atom. The fourth-order valence-corrected chi connectivity index (χ4v) is 9.37. The lowest BCUT2D eigenvalue weighted by molar-refractivity contribution is -0.137. The summed E-state index contributed by atoms with van der Waals surface area (Å²) in [6, 6.07) is 0. The van der Waals surface area contributed by atoms with E-state index in [1.165, 1.54) is 56.9 Å². The summed E-state index contributed by atoms with van der Waals surface area (Å²) in [7, 11) is 0. The van der Waals surface area contributed by atoms with E-state index in [2.05, 4.69) is 34.6 Å². The molecule has 7 atom stereocenters. The van der Waals surface area contributed by atoms with Gasteiger partial charge in [0.05, 0.1) is 0 Å². The van der Waals surface area contributed by atoms with Crippen LogP contribution in [0.3, 0.4) is 0 Å². The maximum atomic E-state index is 12.8. The molecule has 0 aromatic carbocycles. The quantitative estimate of drug-likeness (QED) is 0.405. The van der Waals surface area contributed by atoms with Crippen LogP contribution >= 0.6 is 0 Å².